The van der Waals surface area contributed by atoms with Crippen molar-refractivity contribution in [1.82, 2.24) is 15.1 Å². The van der Waals surface area contributed by atoms with E-state index in [1.807, 2.05) is 30.0 Å². The Hall–Kier alpha value is -3.97. The molecule has 1 unspecified atom stereocenters. The number of fused-ring (bicyclic) bond motifs is 1. The molecule has 39 heavy (non-hydrogen) atoms. The lowest BCUT2D eigenvalue weighted by Crippen LogP contribution is -2.31. The quantitative estimate of drug-likeness (QED) is 0.258. The van der Waals surface area contributed by atoms with Crippen molar-refractivity contribution in [1.29, 1.82) is 0 Å². The third kappa shape index (κ3) is 4.83. The van der Waals surface area contributed by atoms with Crippen LogP contribution in [0.15, 0.2) is 54.6 Å². The van der Waals surface area contributed by atoms with Crippen molar-refractivity contribution < 1.29 is 19.4 Å². The van der Waals surface area contributed by atoms with Crippen LogP contribution in [0.25, 0.3) is 11.3 Å². The first-order chi connectivity index (χ1) is 18.7. The number of phenolic OH excluding ortho intramolecular Hbond substituents is 1. The lowest BCUT2D eigenvalue weighted by Gasteiger charge is -2.27. The fourth-order valence-electron chi connectivity index (χ4n) is 5.18. The summed E-state index contributed by atoms with van der Waals surface area (Å²) in [5, 5.41) is 18.8. The lowest BCUT2D eigenvalue weighted by atomic mass is 9.93. The number of amides is 1. The maximum Gasteiger partial charge on any atom is 0.273 e. The number of benzene rings is 3. The number of ether oxygens (including phenoxy) is 2. The van der Waals surface area contributed by atoms with Gasteiger partial charge in [-0.2, -0.15) is 5.10 Å². The molecule has 3 aromatic carbocycles. The van der Waals surface area contributed by atoms with E-state index >= 15 is 0 Å². The molecule has 8 heteroatoms. The molecule has 0 spiro atoms. The van der Waals surface area contributed by atoms with Gasteiger partial charge in [0.1, 0.15) is 17.1 Å². The number of hydrogen-bond donors (Lipinski definition) is 2. The molecule has 0 aliphatic carbocycles. The SMILES string of the molecule is COc1ccc(CCN2C(=O)c3[nH]nc(-c4cc(Cl)c(C)cc4O)c3C2c2ccc(C(C)C)cc2)cc1OC. The molecule has 2 N–H and O–H groups in total. The smallest absolute Gasteiger partial charge is 0.273 e. The minimum Gasteiger partial charge on any atom is -0.507 e. The normalized spacial score (nSPS) is 14.7. The minimum absolute atomic E-state index is 0.0660. The first-order valence-electron chi connectivity index (χ1n) is 12.9. The Labute approximate surface area is 233 Å². The number of aromatic hydroxyl groups is 1. The maximum absolute atomic E-state index is 13.8. The van der Waals surface area contributed by atoms with E-state index < -0.39 is 0 Å². The number of nitrogens with one attached hydrogen (secondary N) is 1. The largest absolute Gasteiger partial charge is 0.507 e. The molecule has 1 atom stereocenters. The number of carbonyl (C=O) groups is 1. The van der Waals surface area contributed by atoms with Crippen LogP contribution in [0.1, 0.15) is 64.1 Å². The Morgan fingerprint density at radius 3 is 2.44 bits per heavy atom. The molecular formula is C31H32ClN3O4. The zero-order valence-electron chi connectivity index (χ0n) is 22.7. The van der Waals surface area contributed by atoms with E-state index in [1.54, 1.807) is 26.4 Å². The van der Waals surface area contributed by atoms with Gasteiger partial charge in [-0.3, -0.25) is 9.89 Å². The van der Waals surface area contributed by atoms with Gasteiger partial charge >= 0.3 is 0 Å². The molecule has 1 amide bonds. The average molecular weight is 546 g/mol. The molecule has 5 rings (SSSR count). The first-order valence-corrected chi connectivity index (χ1v) is 13.3. The number of aromatic nitrogens is 2. The Morgan fingerprint density at radius 1 is 1.05 bits per heavy atom. The van der Waals surface area contributed by atoms with Crippen molar-refractivity contribution in [2.24, 2.45) is 0 Å². The van der Waals surface area contributed by atoms with Gasteiger partial charge in [0.2, 0.25) is 0 Å². The van der Waals surface area contributed by atoms with Gasteiger partial charge < -0.3 is 19.5 Å². The molecule has 202 valence electrons. The van der Waals surface area contributed by atoms with Crippen LogP contribution >= 0.6 is 11.6 Å². The van der Waals surface area contributed by atoms with Crippen LogP contribution in [0.2, 0.25) is 5.02 Å². The summed E-state index contributed by atoms with van der Waals surface area (Å²) in [6.45, 7) is 6.60. The van der Waals surface area contributed by atoms with Crippen LogP contribution in [0.3, 0.4) is 0 Å². The lowest BCUT2D eigenvalue weighted by molar-refractivity contribution is 0.0746. The van der Waals surface area contributed by atoms with Crippen molar-refractivity contribution >= 4 is 17.5 Å². The summed E-state index contributed by atoms with van der Waals surface area (Å²) < 4.78 is 10.8. The molecule has 1 aliphatic rings. The number of nitrogens with zero attached hydrogens (tertiary/aromatic N) is 2. The first kappa shape index (κ1) is 26.6. The van der Waals surface area contributed by atoms with Gasteiger partial charge in [0.15, 0.2) is 11.5 Å². The van der Waals surface area contributed by atoms with Gasteiger partial charge in [-0.25, -0.2) is 0 Å². The van der Waals surface area contributed by atoms with Crippen LogP contribution in [-0.2, 0) is 6.42 Å². The van der Waals surface area contributed by atoms with Crippen molar-refractivity contribution in [3.05, 3.63) is 93.1 Å². The molecule has 1 aliphatic heterocycles. The number of H-pyrrole nitrogens is 1. The second-order valence-electron chi connectivity index (χ2n) is 10.1. The molecule has 0 fully saturated rings. The third-order valence-electron chi connectivity index (χ3n) is 7.40. The molecule has 1 aromatic heterocycles. The van der Waals surface area contributed by atoms with Crippen molar-refractivity contribution in [2.45, 2.75) is 39.2 Å². The minimum atomic E-state index is -0.387. The number of phenols is 1. The highest BCUT2D eigenvalue weighted by atomic mass is 35.5. The Bertz CT molecular complexity index is 1530. The van der Waals surface area contributed by atoms with Gasteiger partial charge in [0.05, 0.1) is 20.3 Å². The summed E-state index contributed by atoms with van der Waals surface area (Å²) in [6.07, 6.45) is 0.612. The van der Waals surface area contributed by atoms with Crippen LogP contribution in [0, 0.1) is 6.92 Å². The Morgan fingerprint density at radius 2 is 1.77 bits per heavy atom. The average Bonchev–Trinajstić information content (AvgIpc) is 3.47. The molecule has 4 aromatic rings. The molecule has 0 radical (unpaired) electrons. The highest BCUT2D eigenvalue weighted by Crippen LogP contribution is 2.45. The standard InChI is InChI=1S/C31H32ClN3O4/c1-17(2)20-7-9-21(10-8-20)30-27-28(22-16-23(32)18(3)14-24(22)36)33-34-29(27)31(37)35(30)13-12-19-6-11-25(38-4)26(15-19)39-5/h6-11,14-17,30,36H,12-13H2,1-5H3,(H,33,34). The molecule has 2 heterocycles. The monoisotopic (exact) mass is 545 g/mol. The van der Waals surface area contributed by atoms with Crippen molar-refractivity contribution in [2.75, 3.05) is 20.8 Å². The number of aromatic amines is 1. The summed E-state index contributed by atoms with van der Waals surface area (Å²) in [7, 11) is 3.21. The van der Waals surface area contributed by atoms with Gasteiger partial charge in [0, 0.05) is 22.7 Å². The Kier molecular flexibility index (Phi) is 7.28. The highest BCUT2D eigenvalue weighted by Gasteiger charge is 2.42. The van der Waals surface area contributed by atoms with Crippen LogP contribution < -0.4 is 9.47 Å². The zero-order valence-corrected chi connectivity index (χ0v) is 23.5. The number of hydrogen-bond acceptors (Lipinski definition) is 5. The van der Waals surface area contributed by atoms with Gasteiger partial charge in [-0.05, 0) is 65.8 Å². The number of methoxy groups -OCH3 is 2. The second-order valence-corrected chi connectivity index (χ2v) is 10.5. The molecule has 0 bridgehead atoms. The van der Waals surface area contributed by atoms with E-state index in [-0.39, 0.29) is 17.7 Å². The van der Waals surface area contributed by atoms with Gasteiger partial charge in [0.25, 0.3) is 5.91 Å². The summed E-state index contributed by atoms with van der Waals surface area (Å²) in [5.74, 6) is 1.61. The molecule has 7 nitrogen and oxygen atoms in total. The fourth-order valence-corrected chi connectivity index (χ4v) is 5.35. The zero-order chi connectivity index (χ0) is 27.8. The number of rotatable bonds is 8. The maximum atomic E-state index is 13.8. The fraction of sp³-hybridized carbons (Fsp3) is 0.290. The van der Waals surface area contributed by atoms with Gasteiger partial charge in [-0.1, -0.05) is 55.8 Å². The number of halogens is 1. The number of carbonyl (C=O) groups excluding carboxylic acids is 1. The van der Waals surface area contributed by atoms with E-state index in [2.05, 4.69) is 48.3 Å². The topological polar surface area (TPSA) is 87.7 Å². The molecule has 0 saturated carbocycles. The summed E-state index contributed by atoms with van der Waals surface area (Å²) in [6, 6.07) is 17.1. The van der Waals surface area contributed by atoms with Crippen LogP contribution in [0.4, 0.5) is 0 Å². The summed E-state index contributed by atoms with van der Waals surface area (Å²) >= 11 is 6.43. The van der Waals surface area contributed by atoms with Crippen LogP contribution in [0.5, 0.6) is 17.2 Å². The molecule has 0 saturated heterocycles. The Balaban J connectivity index is 1.57. The predicted octanol–water partition coefficient (Wildman–Crippen LogP) is 6.67. The van der Waals surface area contributed by atoms with Crippen molar-refractivity contribution in [3.8, 4) is 28.5 Å². The van der Waals surface area contributed by atoms with E-state index in [0.29, 0.717) is 52.4 Å². The van der Waals surface area contributed by atoms with Crippen LogP contribution in [-0.4, -0.2) is 46.9 Å². The number of aryl methyl sites for hydroxylation is 1. The van der Waals surface area contributed by atoms with E-state index in [0.717, 1.165) is 22.3 Å². The predicted molar refractivity (Wildman–Crippen MR) is 152 cm³/mol. The van der Waals surface area contributed by atoms with Crippen molar-refractivity contribution in [3.63, 3.8) is 0 Å². The second kappa shape index (κ2) is 10.7. The van der Waals surface area contributed by atoms with E-state index in [1.165, 1.54) is 5.56 Å². The van der Waals surface area contributed by atoms with E-state index in [4.69, 9.17) is 21.1 Å². The molecular weight excluding hydrogens is 514 g/mol. The van der Waals surface area contributed by atoms with E-state index in [9.17, 15) is 9.90 Å². The highest BCUT2D eigenvalue weighted by molar-refractivity contribution is 6.31. The summed E-state index contributed by atoms with van der Waals surface area (Å²) in [4.78, 5) is 15.6. The third-order valence-corrected chi connectivity index (χ3v) is 7.81. The van der Waals surface area contributed by atoms with Gasteiger partial charge in [-0.15, -0.1) is 0 Å². The summed E-state index contributed by atoms with van der Waals surface area (Å²) in [5.41, 5.74) is 6.14.